The molecule has 1 aromatic heterocycles. The first kappa shape index (κ1) is 16.2. The summed E-state index contributed by atoms with van der Waals surface area (Å²) < 4.78 is 13.1. The lowest BCUT2D eigenvalue weighted by atomic mass is 9.97. The normalized spacial score (nSPS) is 17.5. The lowest BCUT2D eigenvalue weighted by Gasteiger charge is -2.33. The highest BCUT2D eigenvalue weighted by Crippen LogP contribution is 2.23. The number of piperidine rings is 1. The van der Waals surface area contributed by atoms with Gasteiger partial charge in [0.05, 0.1) is 5.92 Å². The van der Waals surface area contributed by atoms with Crippen LogP contribution < -0.4 is 16.0 Å². The number of primary amides is 1. The molecule has 0 bridgehead atoms. The summed E-state index contributed by atoms with van der Waals surface area (Å²) in [6.45, 7) is 2.19. The van der Waals surface area contributed by atoms with Crippen LogP contribution in [0, 0.1) is 11.9 Å². The quantitative estimate of drug-likeness (QED) is 0.828. The number of rotatable bonds is 5. The number of nitrogens with two attached hydrogens (primary N) is 1. The number of nitrogens with zero attached hydrogens (tertiary/aromatic N) is 2. The van der Waals surface area contributed by atoms with Gasteiger partial charge >= 0.3 is 0 Å². The van der Waals surface area contributed by atoms with E-state index >= 15 is 0 Å². The molecule has 1 aliphatic heterocycles. The van der Waals surface area contributed by atoms with E-state index in [2.05, 4.69) is 15.2 Å². The fourth-order valence-corrected chi connectivity index (χ4v) is 2.97. The molecule has 1 aromatic carbocycles. The van der Waals surface area contributed by atoms with Gasteiger partial charge in [-0.3, -0.25) is 4.79 Å². The van der Waals surface area contributed by atoms with Crippen LogP contribution in [0.5, 0.6) is 0 Å². The second kappa shape index (κ2) is 7.29. The Morgan fingerprint density at radius 1 is 1.29 bits per heavy atom. The number of hydrogen-bond acceptors (Lipinski definition) is 4. The van der Waals surface area contributed by atoms with E-state index in [1.54, 1.807) is 12.1 Å². The van der Waals surface area contributed by atoms with Gasteiger partial charge in [-0.05, 0) is 42.7 Å². The maximum absolute atomic E-state index is 13.1. The number of hydrogen-bond donors (Lipinski definition) is 2. The molecule has 1 aliphatic rings. The predicted molar refractivity (Wildman–Crippen MR) is 92.1 cm³/mol. The molecule has 1 atom stereocenters. The molecule has 5 nitrogen and oxygen atoms in total. The standard InChI is InChI=1S/C18H21FN4O/c19-16-4-1-5-17(22-16)21-11-13-6-8-15(9-7-13)23-10-2-3-14(12-23)18(20)24/h1,4-9,14H,2-3,10-12H2,(H2,20,24)(H,21,22). The zero-order chi connectivity index (χ0) is 16.9. The Labute approximate surface area is 140 Å². The Morgan fingerprint density at radius 3 is 2.79 bits per heavy atom. The highest BCUT2D eigenvalue weighted by atomic mass is 19.1. The number of amides is 1. The van der Waals surface area contributed by atoms with Crippen molar-refractivity contribution in [2.75, 3.05) is 23.3 Å². The van der Waals surface area contributed by atoms with Crippen molar-refractivity contribution in [3.05, 3.63) is 54.0 Å². The number of aromatic nitrogens is 1. The SMILES string of the molecule is NC(=O)C1CCCN(c2ccc(CNc3cccc(F)n3)cc2)C1. The lowest BCUT2D eigenvalue weighted by Crippen LogP contribution is -2.41. The molecule has 3 rings (SSSR count). The summed E-state index contributed by atoms with van der Waals surface area (Å²) in [5, 5.41) is 3.10. The Balaban J connectivity index is 1.60. The van der Waals surface area contributed by atoms with Crippen LogP contribution in [0.2, 0.25) is 0 Å². The Kier molecular flexibility index (Phi) is 4.93. The fraction of sp³-hybridized carbons (Fsp3) is 0.333. The minimum atomic E-state index is -0.496. The molecule has 24 heavy (non-hydrogen) atoms. The van der Waals surface area contributed by atoms with Crippen LogP contribution in [-0.2, 0) is 11.3 Å². The van der Waals surface area contributed by atoms with Crippen LogP contribution >= 0.6 is 0 Å². The van der Waals surface area contributed by atoms with E-state index in [9.17, 15) is 9.18 Å². The maximum Gasteiger partial charge on any atom is 0.222 e. The Morgan fingerprint density at radius 2 is 2.08 bits per heavy atom. The van der Waals surface area contributed by atoms with E-state index in [4.69, 9.17) is 5.73 Å². The number of carbonyl (C=O) groups excluding carboxylic acids is 1. The van der Waals surface area contributed by atoms with Crippen molar-refractivity contribution >= 4 is 17.4 Å². The van der Waals surface area contributed by atoms with Gasteiger partial charge in [-0.25, -0.2) is 4.98 Å². The number of pyridine rings is 1. The average molecular weight is 328 g/mol. The lowest BCUT2D eigenvalue weighted by molar-refractivity contribution is -0.122. The van der Waals surface area contributed by atoms with Crippen molar-refractivity contribution in [3.63, 3.8) is 0 Å². The molecule has 3 N–H and O–H groups in total. The maximum atomic E-state index is 13.1. The summed E-state index contributed by atoms with van der Waals surface area (Å²) in [5.74, 6) is -0.272. The van der Waals surface area contributed by atoms with Gasteiger partial charge in [0.1, 0.15) is 5.82 Å². The minimum absolute atomic E-state index is 0.0702. The molecule has 0 radical (unpaired) electrons. The van der Waals surface area contributed by atoms with E-state index in [0.29, 0.717) is 18.9 Å². The van der Waals surface area contributed by atoms with Gasteiger partial charge in [-0.1, -0.05) is 18.2 Å². The fourth-order valence-electron chi connectivity index (χ4n) is 2.97. The molecule has 1 amide bonds. The summed E-state index contributed by atoms with van der Waals surface area (Å²) in [4.78, 5) is 17.4. The second-order valence-corrected chi connectivity index (χ2v) is 6.05. The number of benzene rings is 1. The summed E-state index contributed by atoms with van der Waals surface area (Å²) in [6, 6.07) is 12.8. The first-order valence-electron chi connectivity index (χ1n) is 8.11. The van der Waals surface area contributed by atoms with Crippen LogP contribution in [0.25, 0.3) is 0 Å². The van der Waals surface area contributed by atoms with Gasteiger partial charge in [0.2, 0.25) is 11.9 Å². The Hall–Kier alpha value is -2.63. The van der Waals surface area contributed by atoms with Crippen molar-refractivity contribution in [2.24, 2.45) is 11.7 Å². The largest absolute Gasteiger partial charge is 0.371 e. The monoisotopic (exact) mass is 328 g/mol. The molecule has 0 saturated carbocycles. The van der Waals surface area contributed by atoms with Gasteiger partial charge in [-0.15, -0.1) is 0 Å². The molecule has 1 unspecified atom stereocenters. The van der Waals surface area contributed by atoms with Crippen LogP contribution in [0.4, 0.5) is 15.9 Å². The number of halogens is 1. The Bertz CT molecular complexity index is 704. The van der Waals surface area contributed by atoms with Crippen LogP contribution in [0.3, 0.4) is 0 Å². The van der Waals surface area contributed by atoms with Crippen molar-refractivity contribution < 1.29 is 9.18 Å². The summed E-state index contributed by atoms with van der Waals surface area (Å²) in [7, 11) is 0. The third kappa shape index (κ3) is 4.01. The van der Waals surface area contributed by atoms with E-state index in [1.807, 2.05) is 24.3 Å². The second-order valence-electron chi connectivity index (χ2n) is 6.05. The number of carbonyl (C=O) groups is 1. The van der Waals surface area contributed by atoms with Gasteiger partial charge in [0.15, 0.2) is 0 Å². The smallest absolute Gasteiger partial charge is 0.222 e. The van der Waals surface area contributed by atoms with E-state index in [-0.39, 0.29) is 11.8 Å². The minimum Gasteiger partial charge on any atom is -0.371 e. The third-order valence-corrected chi connectivity index (χ3v) is 4.31. The molecule has 2 aromatic rings. The highest BCUT2D eigenvalue weighted by Gasteiger charge is 2.23. The van der Waals surface area contributed by atoms with E-state index < -0.39 is 5.95 Å². The molecule has 2 heterocycles. The summed E-state index contributed by atoms with van der Waals surface area (Å²) in [6.07, 6.45) is 1.84. The van der Waals surface area contributed by atoms with Gasteiger partial charge in [0.25, 0.3) is 0 Å². The predicted octanol–water partition coefficient (Wildman–Crippen LogP) is 2.53. The molecule has 1 saturated heterocycles. The molecule has 1 fully saturated rings. The van der Waals surface area contributed by atoms with Crippen LogP contribution in [-0.4, -0.2) is 24.0 Å². The topological polar surface area (TPSA) is 71.2 Å². The highest BCUT2D eigenvalue weighted by molar-refractivity contribution is 5.77. The molecular formula is C18H21FN4O. The first-order chi connectivity index (χ1) is 11.6. The van der Waals surface area contributed by atoms with Crippen molar-refractivity contribution in [2.45, 2.75) is 19.4 Å². The summed E-state index contributed by atoms with van der Waals surface area (Å²) >= 11 is 0. The number of anilines is 2. The van der Waals surface area contributed by atoms with E-state index in [1.165, 1.54) is 6.07 Å². The first-order valence-corrected chi connectivity index (χ1v) is 8.11. The molecule has 126 valence electrons. The van der Waals surface area contributed by atoms with Crippen molar-refractivity contribution in [1.29, 1.82) is 0 Å². The average Bonchev–Trinajstić information content (AvgIpc) is 2.60. The zero-order valence-electron chi connectivity index (χ0n) is 13.4. The summed E-state index contributed by atoms with van der Waals surface area (Å²) in [5.41, 5.74) is 7.60. The van der Waals surface area contributed by atoms with Crippen molar-refractivity contribution in [1.82, 2.24) is 4.98 Å². The van der Waals surface area contributed by atoms with Gasteiger partial charge < -0.3 is 16.0 Å². The van der Waals surface area contributed by atoms with Crippen LogP contribution in [0.15, 0.2) is 42.5 Å². The van der Waals surface area contributed by atoms with Crippen molar-refractivity contribution in [3.8, 4) is 0 Å². The molecular weight excluding hydrogens is 307 g/mol. The van der Waals surface area contributed by atoms with E-state index in [0.717, 1.165) is 30.6 Å². The third-order valence-electron chi connectivity index (χ3n) is 4.31. The molecule has 6 heteroatoms. The molecule has 0 aliphatic carbocycles. The van der Waals surface area contributed by atoms with Gasteiger partial charge in [0, 0.05) is 25.3 Å². The number of nitrogens with one attached hydrogen (secondary N) is 1. The molecule has 0 spiro atoms. The van der Waals surface area contributed by atoms with Gasteiger partial charge in [-0.2, -0.15) is 4.39 Å². The zero-order valence-corrected chi connectivity index (χ0v) is 13.4. The van der Waals surface area contributed by atoms with Crippen LogP contribution in [0.1, 0.15) is 18.4 Å².